The second kappa shape index (κ2) is 14.4. The van der Waals surface area contributed by atoms with E-state index in [2.05, 4.69) is 10.6 Å². The molecular weight excluding hydrogens is 577 g/mol. The van der Waals surface area contributed by atoms with E-state index in [9.17, 15) is 19.2 Å². The second-order valence-electron chi connectivity index (χ2n) is 11.9. The maximum absolute atomic E-state index is 14.0. The molecule has 8 nitrogen and oxygen atoms in total. The predicted octanol–water partition coefficient (Wildman–Crippen LogP) is 5.93. The smallest absolute Gasteiger partial charge is 0.410 e. The number of nitrogens with zero attached hydrogens (tertiary/aromatic N) is 1. The Balaban J connectivity index is 1.68. The van der Waals surface area contributed by atoms with Crippen LogP contribution in [-0.4, -0.2) is 54.3 Å². The summed E-state index contributed by atoms with van der Waals surface area (Å²) in [4.78, 5) is 53.6. The van der Waals surface area contributed by atoms with Gasteiger partial charge in [-0.15, -0.1) is 0 Å². The summed E-state index contributed by atoms with van der Waals surface area (Å²) in [5, 5.41) is 6.63. The number of rotatable bonds is 12. The molecule has 2 aliphatic rings. The van der Waals surface area contributed by atoms with Crippen LogP contribution in [-0.2, 0) is 19.8 Å². The van der Waals surface area contributed by atoms with Crippen LogP contribution in [0.15, 0.2) is 48.5 Å². The van der Waals surface area contributed by atoms with Crippen LogP contribution in [0.5, 0.6) is 5.75 Å². The lowest BCUT2D eigenvalue weighted by Crippen LogP contribution is -2.56. The van der Waals surface area contributed by atoms with Crippen LogP contribution in [0.3, 0.4) is 0 Å². The number of hydrogen-bond donors (Lipinski definition) is 2. The lowest BCUT2D eigenvalue weighted by atomic mass is 9.78. The van der Waals surface area contributed by atoms with Gasteiger partial charge in [0.1, 0.15) is 18.1 Å². The number of nitrogens with one attached hydrogen (secondary N) is 2. The summed E-state index contributed by atoms with van der Waals surface area (Å²) >= 11 is 12.6. The molecule has 2 fully saturated rings. The molecule has 10 heteroatoms. The Kier molecular flexibility index (Phi) is 10.9. The largest absolute Gasteiger partial charge is 0.415 e. The molecule has 0 radical (unpaired) electrons. The van der Waals surface area contributed by atoms with Crippen LogP contribution in [0.1, 0.15) is 64.4 Å². The van der Waals surface area contributed by atoms with Gasteiger partial charge in [0.25, 0.3) is 0 Å². The van der Waals surface area contributed by atoms with Crippen LogP contribution in [0.2, 0.25) is 10.0 Å². The Morgan fingerprint density at radius 2 is 1.81 bits per heavy atom. The topological polar surface area (TPSA) is 105 Å². The van der Waals surface area contributed by atoms with Gasteiger partial charge >= 0.3 is 6.09 Å². The highest BCUT2D eigenvalue weighted by Gasteiger charge is 2.43. The lowest BCUT2D eigenvalue weighted by molar-refractivity contribution is -0.130. The number of amides is 3. The fourth-order valence-corrected chi connectivity index (χ4v) is 6.52. The number of hydrogen-bond acceptors (Lipinski definition) is 5. The zero-order valence-corrected chi connectivity index (χ0v) is 25.6. The van der Waals surface area contributed by atoms with Gasteiger partial charge in [0, 0.05) is 34.5 Å². The zero-order valence-electron chi connectivity index (χ0n) is 24.1. The first-order chi connectivity index (χ1) is 20.1. The first-order valence-electron chi connectivity index (χ1n) is 14.6. The third-order valence-corrected chi connectivity index (χ3v) is 8.74. The van der Waals surface area contributed by atoms with Crippen molar-refractivity contribution in [3.05, 3.63) is 64.1 Å². The molecule has 1 heterocycles. The Morgan fingerprint density at radius 1 is 1.12 bits per heavy atom. The fourth-order valence-electron chi connectivity index (χ4n) is 6.15. The quantitative estimate of drug-likeness (QED) is 0.288. The summed E-state index contributed by atoms with van der Waals surface area (Å²) in [5.74, 6) is -0.615. The second-order valence-corrected chi connectivity index (χ2v) is 12.7. The molecule has 0 spiro atoms. The minimum atomic E-state index is -0.923. The molecule has 1 aliphatic heterocycles. The highest BCUT2D eigenvalue weighted by atomic mass is 35.5. The van der Waals surface area contributed by atoms with Gasteiger partial charge < -0.3 is 20.2 Å². The van der Waals surface area contributed by atoms with E-state index in [4.69, 9.17) is 27.9 Å². The number of halogens is 2. The first-order valence-corrected chi connectivity index (χ1v) is 15.4. The summed E-state index contributed by atoms with van der Waals surface area (Å²) in [7, 11) is 0. The van der Waals surface area contributed by atoms with E-state index < -0.39 is 29.5 Å². The van der Waals surface area contributed by atoms with Crippen molar-refractivity contribution in [1.29, 1.82) is 0 Å². The summed E-state index contributed by atoms with van der Waals surface area (Å²) in [6.07, 6.45) is 4.72. The number of carbonyl (C=O) groups excluding carboxylic acids is 4. The highest BCUT2D eigenvalue weighted by Crippen LogP contribution is 2.43. The van der Waals surface area contributed by atoms with Crippen LogP contribution < -0.4 is 15.4 Å². The third-order valence-electron chi connectivity index (χ3n) is 8.27. The van der Waals surface area contributed by atoms with E-state index in [0.717, 1.165) is 31.2 Å². The van der Waals surface area contributed by atoms with Crippen molar-refractivity contribution >= 4 is 47.4 Å². The molecule has 4 rings (SSSR count). The molecule has 0 bridgehead atoms. The van der Waals surface area contributed by atoms with Crippen molar-refractivity contribution in [2.75, 3.05) is 13.1 Å². The minimum Gasteiger partial charge on any atom is -0.410 e. The molecule has 2 aromatic rings. The van der Waals surface area contributed by atoms with Gasteiger partial charge in [0.15, 0.2) is 0 Å². The Bertz CT molecular complexity index is 1280. The summed E-state index contributed by atoms with van der Waals surface area (Å²) in [6, 6.07) is 12.4. The zero-order chi connectivity index (χ0) is 30.3. The molecule has 2 N–H and O–H groups in total. The van der Waals surface area contributed by atoms with Gasteiger partial charge in [-0.05, 0) is 73.9 Å². The maximum atomic E-state index is 14.0. The number of carbonyl (C=O) groups is 4. The summed E-state index contributed by atoms with van der Waals surface area (Å²) in [6.45, 7) is 4.73. The fraction of sp³-hybridized carbons (Fsp3) is 0.500. The Morgan fingerprint density at radius 3 is 2.40 bits per heavy atom. The molecule has 226 valence electrons. The molecular formula is C32H39Cl2N3O5. The van der Waals surface area contributed by atoms with E-state index in [1.165, 1.54) is 4.90 Å². The predicted molar refractivity (Wildman–Crippen MR) is 163 cm³/mol. The van der Waals surface area contributed by atoms with E-state index in [0.29, 0.717) is 35.7 Å². The highest BCUT2D eigenvalue weighted by molar-refractivity contribution is 6.31. The van der Waals surface area contributed by atoms with E-state index in [1.807, 2.05) is 38.1 Å². The maximum Gasteiger partial charge on any atom is 0.415 e. The Labute approximate surface area is 257 Å². The first kappa shape index (κ1) is 31.8. The van der Waals surface area contributed by atoms with Crippen molar-refractivity contribution < 1.29 is 23.9 Å². The summed E-state index contributed by atoms with van der Waals surface area (Å²) in [5.41, 5.74) is 0.578. The molecule has 1 aliphatic carbocycles. The van der Waals surface area contributed by atoms with E-state index >= 15 is 0 Å². The minimum absolute atomic E-state index is 0.0446. The lowest BCUT2D eigenvalue weighted by Gasteiger charge is -2.39. The van der Waals surface area contributed by atoms with Gasteiger partial charge in [-0.2, -0.15) is 0 Å². The molecule has 42 heavy (non-hydrogen) atoms. The van der Waals surface area contributed by atoms with Crippen LogP contribution in [0.25, 0.3) is 0 Å². The third kappa shape index (κ3) is 8.04. The molecule has 3 amide bonds. The normalized spacial score (nSPS) is 19.2. The SMILES string of the molecule is CC(C)CC(C(=O)NC(C=O)CC1CCNC1=O)N(CC1(c2cccc(Cl)c2)CCCC1)C(=O)Oc1cccc(Cl)c1. The van der Waals surface area contributed by atoms with Gasteiger partial charge in [-0.1, -0.05) is 68.1 Å². The van der Waals surface area contributed by atoms with Gasteiger partial charge in [0.05, 0.1) is 6.04 Å². The average Bonchev–Trinajstić information content (AvgIpc) is 3.59. The number of benzene rings is 2. The van der Waals surface area contributed by atoms with Crippen LogP contribution in [0.4, 0.5) is 4.79 Å². The van der Waals surface area contributed by atoms with Crippen molar-refractivity contribution in [2.45, 2.75) is 76.3 Å². The molecule has 3 unspecified atom stereocenters. The molecule has 3 atom stereocenters. The average molecular weight is 617 g/mol. The van der Waals surface area contributed by atoms with Crippen molar-refractivity contribution in [2.24, 2.45) is 11.8 Å². The van der Waals surface area contributed by atoms with Crippen LogP contribution in [0, 0.1) is 11.8 Å². The van der Waals surface area contributed by atoms with Crippen LogP contribution >= 0.6 is 23.2 Å². The monoisotopic (exact) mass is 615 g/mol. The van der Waals surface area contributed by atoms with Gasteiger partial charge in [0.2, 0.25) is 11.8 Å². The van der Waals surface area contributed by atoms with E-state index in [1.54, 1.807) is 24.3 Å². The van der Waals surface area contributed by atoms with Crippen molar-refractivity contribution in [3.63, 3.8) is 0 Å². The Hall–Kier alpha value is -3.10. The van der Waals surface area contributed by atoms with Crippen molar-refractivity contribution in [1.82, 2.24) is 15.5 Å². The van der Waals surface area contributed by atoms with E-state index in [-0.39, 0.29) is 36.5 Å². The number of ether oxygens (including phenoxy) is 1. The standard InChI is InChI=1S/C32H39Cl2N3O5/c1-21(2)15-28(30(40)36-26(19-38)16-22-11-14-35-29(22)39)37(31(41)42-27-10-6-9-25(34)18-27)20-32(12-3-4-13-32)23-7-5-8-24(33)17-23/h5-10,17-19,21-22,26,28H,3-4,11-16,20H2,1-2H3,(H,35,39)(H,36,40). The van der Waals surface area contributed by atoms with Gasteiger partial charge in [-0.25, -0.2) is 4.79 Å². The van der Waals surface area contributed by atoms with Crippen molar-refractivity contribution in [3.8, 4) is 5.75 Å². The molecule has 2 aromatic carbocycles. The van der Waals surface area contributed by atoms with Gasteiger partial charge in [-0.3, -0.25) is 14.5 Å². The molecule has 1 saturated carbocycles. The molecule has 1 saturated heterocycles. The molecule has 0 aromatic heterocycles. The summed E-state index contributed by atoms with van der Waals surface area (Å²) < 4.78 is 5.81. The number of aldehydes is 1.